The Morgan fingerprint density at radius 2 is 1.90 bits per heavy atom. The van der Waals surface area contributed by atoms with Crippen molar-refractivity contribution in [1.29, 1.82) is 0 Å². The number of rotatable bonds is 6. The Hall–Kier alpha value is -3.52. The minimum Gasteiger partial charge on any atom is -0.325 e. The zero-order valence-electron chi connectivity index (χ0n) is 16.1. The molecule has 0 bridgehead atoms. The average Bonchev–Trinajstić information content (AvgIpc) is 3.21. The number of anilines is 1. The van der Waals surface area contributed by atoms with Gasteiger partial charge >= 0.3 is 0 Å². The van der Waals surface area contributed by atoms with Crippen molar-refractivity contribution in [2.75, 3.05) is 11.1 Å². The summed E-state index contributed by atoms with van der Waals surface area (Å²) in [6, 6.07) is 18.0. The molecule has 0 atom stereocenters. The minimum absolute atomic E-state index is 0.105. The van der Waals surface area contributed by atoms with Gasteiger partial charge in [-0.05, 0) is 43.3 Å². The van der Waals surface area contributed by atoms with Crippen LogP contribution in [0.15, 0.2) is 78.2 Å². The van der Waals surface area contributed by atoms with Crippen molar-refractivity contribution >= 4 is 23.4 Å². The number of carbonyl (C=O) groups is 1. The lowest BCUT2D eigenvalue weighted by molar-refractivity contribution is -0.113. The van der Waals surface area contributed by atoms with Gasteiger partial charge in [-0.1, -0.05) is 36.0 Å². The number of amides is 1. The molecule has 0 fully saturated rings. The van der Waals surface area contributed by atoms with Crippen LogP contribution in [0.25, 0.3) is 17.1 Å². The van der Waals surface area contributed by atoms with E-state index in [4.69, 9.17) is 0 Å². The first-order valence-electron chi connectivity index (χ1n) is 9.22. The highest BCUT2D eigenvalue weighted by molar-refractivity contribution is 7.99. The Labute approximate surface area is 177 Å². The van der Waals surface area contributed by atoms with Gasteiger partial charge in [0.25, 0.3) is 0 Å². The number of aromatic nitrogens is 4. The zero-order valence-corrected chi connectivity index (χ0v) is 16.9. The molecule has 30 heavy (non-hydrogen) atoms. The van der Waals surface area contributed by atoms with E-state index in [-0.39, 0.29) is 17.5 Å². The van der Waals surface area contributed by atoms with Crippen LogP contribution in [-0.2, 0) is 4.79 Å². The summed E-state index contributed by atoms with van der Waals surface area (Å²) in [4.78, 5) is 16.6. The second-order valence-electron chi connectivity index (χ2n) is 6.47. The number of benzene rings is 2. The second kappa shape index (κ2) is 8.87. The molecule has 6 nitrogen and oxygen atoms in total. The molecule has 0 saturated heterocycles. The van der Waals surface area contributed by atoms with Crippen LogP contribution in [-0.4, -0.2) is 31.4 Å². The van der Waals surface area contributed by atoms with Crippen LogP contribution in [0.3, 0.4) is 0 Å². The van der Waals surface area contributed by atoms with E-state index in [1.165, 1.54) is 17.8 Å². The lowest BCUT2D eigenvalue weighted by atomic mass is 10.2. The Morgan fingerprint density at radius 1 is 1.07 bits per heavy atom. The minimum atomic E-state index is -0.356. The summed E-state index contributed by atoms with van der Waals surface area (Å²) in [5.74, 6) is 0.135. The quantitative estimate of drug-likeness (QED) is 0.466. The largest absolute Gasteiger partial charge is 0.325 e. The van der Waals surface area contributed by atoms with Crippen molar-refractivity contribution in [1.82, 2.24) is 19.7 Å². The highest BCUT2D eigenvalue weighted by atomic mass is 32.2. The van der Waals surface area contributed by atoms with E-state index in [2.05, 4.69) is 20.5 Å². The maximum atomic E-state index is 13.7. The van der Waals surface area contributed by atoms with Crippen LogP contribution in [0.5, 0.6) is 0 Å². The van der Waals surface area contributed by atoms with Crippen LogP contribution in [0.4, 0.5) is 10.1 Å². The maximum Gasteiger partial charge on any atom is 0.234 e. The van der Waals surface area contributed by atoms with Crippen LogP contribution < -0.4 is 5.32 Å². The monoisotopic (exact) mass is 419 g/mol. The molecule has 2 heterocycles. The smallest absolute Gasteiger partial charge is 0.234 e. The van der Waals surface area contributed by atoms with Crippen LogP contribution in [0.2, 0.25) is 0 Å². The Balaban J connectivity index is 1.58. The fourth-order valence-corrected chi connectivity index (χ4v) is 3.67. The fraction of sp³-hybridized carbons (Fsp3) is 0.0909. The number of thioether (sulfide) groups is 1. The van der Waals surface area contributed by atoms with Crippen molar-refractivity contribution in [3.63, 3.8) is 0 Å². The lowest BCUT2D eigenvalue weighted by Crippen LogP contribution is -2.15. The molecule has 4 rings (SSSR count). The van der Waals surface area contributed by atoms with Gasteiger partial charge in [-0.25, -0.2) is 4.39 Å². The van der Waals surface area contributed by atoms with E-state index < -0.39 is 0 Å². The number of hydrogen-bond acceptors (Lipinski definition) is 5. The molecular formula is C22H18FN5OS. The van der Waals surface area contributed by atoms with Gasteiger partial charge in [-0.15, -0.1) is 10.2 Å². The van der Waals surface area contributed by atoms with E-state index in [0.29, 0.717) is 22.2 Å². The number of carbonyl (C=O) groups excluding carboxylic acids is 1. The van der Waals surface area contributed by atoms with Gasteiger partial charge in [0, 0.05) is 34.9 Å². The molecule has 0 saturated carbocycles. The number of nitrogens with zero attached hydrogens (tertiary/aromatic N) is 4. The van der Waals surface area contributed by atoms with Crippen molar-refractivity contribution in [2.24, 2.45) is 0 Å². The summed E-state index contributed by atoms with van der Waals surface area (Å²) in [6.45, 7) is 1.63. The summed E-state index contributed by atoms with van der Waals surface area (Å²) in [5, 5.41) is 11.9. The Bertz CT molecular complexity index is 1160. The number of nitrogens with one attached hydrogen (secondary N) is 1. The van der Waals surface area contributed by atoms with Crippen LogP contribution >= 0.6 is 11.8 Å². The second-order valence-corrected chi connectivity index (χ2v) is 7.41. The first kappa shape index (κ1) is 19.8. The fourth-order valence-electron chi connectivity index (χ4n) is 2.91. The summed E-state index contributed by atoms with van der Waals surface area (Å²) < 4.78 is 15.6. The zero-order chi connectivity index (χ0) is 20.9. The summed E-state index contributed by atoms with van der Waals surface area (Å²) in [6.07, 6.45) is 3.42. The van der Waals surface area contributed by atoms with Crippen LogP contribution in [0.1, 0.15) is 5.56 Å². The van der Waals surface area contributed by atoms with Crippen molar-refractivity contribution in [3.05, 3.63) is 84.4 Å². The molecule has 0 aliphatic heterocycles. The molecule has 2 aromatic heterocycles. The summed E-state index contributed by atoms with van der Waals surface area (Å²) in [7, 11) is 0. The SMILES string of the molecule is Cc1c(F)cccc1NC(=O)CSc1nnc(-c2cccnc2)n1-c1ccccc1. The molecule has 0 spiro atoms. The molecule has 8 heteroatoms. The van der Waals surface area contributed by atoms with E-state index in [0.717, 1.165) is 11.3 Å². The van der Waals surface area contributed by atoms with E-state index >= 15 is 0 Å². The van der Waals surface area contributed by atoms with Crippen molar-refractivity contribution in [2.45, 2.75) is 12.1 Å². The Morgan fingerprint density at radius 3 is 2.67 bits per heavy atom. The predicted octanol–water partition coefficient (Wildman–Crippen LogP) is 4.51. The first-order chi connectivity index (χ1) is 14.6. The predicted molar refractivity (Wildman–Crippen MR) is 115 cm³/mol. The van der Waals surface area contributed by atoms with Gasteiger partial charge in [0.2, 0.25) is 5.91 Å². The number of pyridine rings is 1. The Kier molecular flexibility index (Phi) is 5.85. The highest BCUT2D eigenvalue weighted by Crippen LogP contribution is 2.27. The van der Waals surface area contributed by atoms with Crippen molar-refractivity contribution < 1.29 is 9.18 Å². The van der Waals surface area contributed by atoms with Crippen molar-refractivity contribution in [3.8, 4) is 17.1 Å². The number of para-hydroxylation sites is 1. The topological polar surface area (TPSA) is 72.7 Å². The standard InChI is InChI=1S/C22H18FN5OS/c1-15-18(23)10-5-11-19(15)25-20(29)14-30-22-27-26-21(16-7-6-12-24-13-16)28(22)17-8-3-2-4-9-17/h2-13H,14H2,1H3,(H,25,29). The van der Waals surface area contributed by atoms with Gasteiger partial charge in [-0.2, -0.15) is 0 Å². The molecule has 1 amide bonds. The molecule has 0 aliphatic rings. The molecule has 0 radical (unpaired) electrons. The van der Waals surface area contributed by atoms with E-state index in [1.54, 1.807) is 31.5 Å². The molecule has 2 aromatic carbocycles. The summed E-state index contributed by atoms with van der Waals surface area (Å²) >= 11 is 1.26. The van der Waals surface area contributed by atoms with Gasteiger partial charge in [0.05, 0.1) is 5.75 Å². The molecule has 4 aromatic rings. The van der Waals surface area contributed by atoms with Gasteiger partial charge < -0.3 is 5.32 Å². The normalized spacial score (nSPS) is 10.7. The third-order valence-corrected chi connectivity index (χ3v) is 5.37. The number of halogens is 1. The maximum absolute atomic E-state index is 13.7. The lowest BCUT2D eigenvalue weighted by Gasteiger charge is -2.11. The highest BCUT2D eigenvalue weighted by Gasteiger charge is 2.17. The molecular weight excluding hydrogens is 401 g/mol. The summed E-state index contributed by atoms with van der Waals surface area (Å²) in [5.41, 5.74) is 2.56. The molecule has 0 aliphatic carbocycles. The van der Waals surface area contributed by atoms with E-state index in [1.807, 2.05) is 47.0 Å². The first-order valence-corrected chi connectivity index (χ1v) is 10.2. The van der Waals surface area contributed by atoms with Crippen LogP contribution in [0, 0.1) is 12.7 Å². The van der Waals surface area contributed by atoms with Gasteiger partial charge in [0.15, 0.2) is 11.0 Å². The molecule has 1 N–H and O–H groups in total. The third kappa shape index (κ3) is 4.23. The molecule has 150 valence electrons. The number of hydrogen-bond donors (Lipinski definition) is 1. The van der Waals surface area contributed by atoms with Gasteiger partial charge in [0.1, 0.15) is 5.82 Å². The van der Waals surface area contributed by atoms with Gasteiger partial charge in [-0.3, -0.25) is 14.3 Å². The van der Waals surface area contributed by atoms with E-state index in [9.17, 15) is 9.18 Å². The third-order valence-electron chi connectivity index (χ3n) is 4.44. The molecule has 0 unspecified atom stereocenters. The average molecular weight is 419 g/mol.